The topological polar surface area (TPSA) is 17.1 Å². The Bertz CT molecular complexity index is 353. The first-order chi connectivity index (χ1) is 11.8. The molecule has 148 valence electrons. The summed E-state index contributed by atoms with van der Waals surface area (Å²) in [5.41, 5.74) is 1.47. The largest absolute Gasteiger partial charge is 0.300 e. The zero-order valence-corrected chi connectivity index (χ0v) is 18.2. The number of allylic oxidation sites excluding steroid dienone is 2. The van der Waals surface area contributed by atoms with Crippen molar-refractivity contribution in [1.29, 1.82) is 0 Å². The van der Waals surface area contributed by atoms with Gasteiger partial charge >= 0.3 is 0 Å². The third kappa shape index (κ3) is 16.6. The predicted molar refractivity (Wildman–Crippen MR) is 113 cm³/mol. The van der Waals surface area contributed by atoms with Gasteiger partial charge in [0, 0.05) is 12.8 Å². The molecule has 1 heteroatoms. The Morgan fingerprint density at radius 2 is 1.32 bits per heavy atom. The lowest BCUT2D eigenvalue weighted by molar-refractivity contribution is -0.118. The van der Waals surface area contributed by atoms with Crippen molar-refractivity contribution in [3.8, 4) is 0 Å². The molecular weight excluding hydrogens is 304 g/mol. The average molecular weight is 351 g/mol. The fourth-order valence-electron chi connectivity index (χ4n) is 3.47. The monoisotopic (exact) mass is 350 g/mol. The first-order valence-corrected chi connectivity index (χ1v) is 11.0. The highest BCUT2D eigenvalue weighted by atomic mass is 16.1. The first kappa shape index (κ1) is 24.4. The van der Waals surface area contributed by atoms with Crippen molar-refractivity contribution in [2.75, 3.05) is 0 Å². The molecular formula is C24H46O. The van der Waals surface area contributed by atoms with Crippen molar-refractivity contribution < 1.29 is 4.79 Å². The predicted octanol–water partition coefficient (Wildman–Crippen LogP) is 8.13. The highest BCUT2D eigenvalue weighted by Gasteiger charge is 2.06. The molecule has 0 aliphatic heterocycles. The molecule has 0 bridgehead atoms. The molecule has 0 aromatic heterocycles. The Labute approximate surface area is 159 Å². The molecule has 0 spiro atoms. The number of rotatable bonds is 16. The minimum absolute atomic E-state index is 0.385. The summed E-state index contributed by atoms with van der Waals surface area (Å²) in [4.78, 5) is 11.3. The van der Waals surface area contributed by atoms with Gasteiger partial charge in [-0.25, -0.2) is 0 Å². The highest BCUT2D eigenvalue weighted by molar-refractivity contribution is 5.78. The fourth-order valence-corrected chi connectivity index (χ4v) is 3.47. The summed E-state index contributed by atoms with van der Waals surface area (Å²) in [6.45, 7) is 13.7. The van der Waals surface area contributed by atoms with Gasteiger partial charge in [-0.15, -0.1) is 0 Å². The molecule has 25 heavy (non-hydrogen) atoms. The summed E-state index contributed by atoms with van der Waals surface area (Å²) in [6.07, 6.45) is 16.9. The second-order valence-corrected chi connectivity index (χ2v) is 8.84. The van der Waals surface area contributed by atoms with Crippen LogP contribution in [0.5, 0.6) is 0 Å². The van der Waals surface area contributed by atoms with Gasteiger partial charge in [0.15, 0.2) is 0 Å². The van der Waals surface area contributed by atoms with Gasteiger partial charge in [-0.05, 0) is 43.9 Å². The second kappa shape index (κ2) is 15.6. The smallest absolute Gasteiger partial charge is 0.132 e. The second-order valence-electron chi connectivity index (χ2n) is 8.84. The molecule has 1 nitrogen and oxygen atoms in total. The molecule has 0 N–H and O–H groups in total. The van der Waals surface area contributed by atoms with Crippen molar-refractivity contribution >= 4 is 5.78 Å². The van der Waals surface area contributed by atoms with E-state index in [9.17, 15) is 4.79 Å². The summed E-state index contributed by atoms with van der Waals surface area (Å²) in [5, 5.41) is 0. The maximum absolute atomic E-state index is 11.3. The average Bonchev–Trinajstić information content (AvgIpc) is 2.54. The number of hydrogen-bond donors (Lipinski definition) is 0. The summed E-state index contributed by atoms with van der Waals surface area (Å²) >= 11 is 0. The van der Waals surface area contributed by atoms with Crippen LogP contribution in [-0.2, 0) is 4.79 Å². The van der Waals surface area contributed by atoms with E-state index >= 15 is 0 Å². The van der Waals surface area contributed by atoms with Gasteiger partial charge in [-0.1, -0.05) is 91.2 Å². The van der Waals surface area contributed by atoms with Crippen LogP contribution in [0.3, 0.4) is 0 Å². The quantitative estimate of drug-likeness (QED) is 0.257. The molecule has 0 aliphatic rings. The summed E-state index contributed by atoms with van der Waals surface area (Å²) < 4.78 is 0. The van der Waals surface area contributed by atoms with Gasteiger partial charge in [0.25, 0.3) is 0 Å². The van der Waals surface area contributed by atoms with E-state index in [4.69, 9.17) is 0 Å². The minimum Gasteiger partial charge on any atom is -0.300 e. The SMILES string of the molecule is CCC(=O)CCC=C(C)CCCC(C)CCCC(C)CCCC(C)C. The normalized spacial score (nSPS) is 14.8. The van der Waals surface area contributed by atoms with Crippen LogP contribution in [0.15, 0.2) is 11.6 Å². The summed E-state index contributed by atoms with van der Waals surface area (Å²) in [5.74, 6) is 3.01. The van der Waals surface area contributed by atoms with Crippen molar-refractivity contribution in [3.63, 3.8) is 0 Å². The zero-order valence-electron chi connectivity index (χ0n) is 18.2. The maximum Gasteiger partial charge on any atom is 0.132 e. The van der Waals surface area contributed by atoms with Gasteiger partial charge in [-0.2, -0.15) is 0 Å². The third-order valence-electron chi connectivity index (χ3n) is 5.45. The molecule has 0 aliphatic carbocycles. The maximum atomic E-state index is 11.3. The number of Topliss-reactive ketones (excluding diaryl/α,β-unsaturated/α-hetero) is 1. The summed E-state index contributed by atoms with van der Waals surface area (Å²) in [7, 11) is 0. The van der Waals surface area contributed by atoms with E-state index in [0.717, 1.165) is 30.6 Å². The first-order valence-electron chi connectivity index (χ1n) is 11.0. The van der Waals surface area contributed by atoms with Crippen molar-refractivity contribution in [2.45, 2.75) is 119 Å². The standard InChI is InChI=1S/C24H46O/c1-7-24(25)19-11-18-23(6)17-10-16-22(5)15-9-14-21(4)13-8-12-20(2)3/h18,20-22H,7-17,19H2,1-6H3. The van der Waals surface area contributed by atoms with Crippen LogP contribution in [0.25, 0.3) is 0 Å². The highest BCUT2D eigenvalue weighted by Crippen LogP contribution is 2.22. The summed E-state index contributed by atoms with van der Waals surface area (Å²) in [6, 6.07) is 0. The van der Waals surface area contributed by atoms with E-state index in [1.165, 1.54) is 63.4 Å². The molecule has 0 heterocycles. The Morgan fingerprint density at radius 3 is 1.84 bits per heavy atom. The molecule has 0 aromatic carbocycles. The van der Waals surface area contributed by atoms with Crippen molar-refractivity contribution in [3.05, 3.63) is 11.6 Å². The molecule has 0 amide bonds. The Hall–Kier alpha value is -0.590. The number of carbonyl (C=O) groups excluding carboxylic acids is 1. The van der Waals surface area contributed by atoms with Gasteiger partial charge in [0.05, 0.1) is 0 Å². The third-order valence-corrected chi connectivity index (χ3v) is 5.45. The molecule has 0 aromatic rings. The van der Waals surface area contributed by atoms with E-state index in [1.807, 2.05) is 6.92 Å². The zero-order chi connectivity index (χ0) is 19.1. The van der Waals surface area contributed by atoms with Crippen LogP contribution in [0, 0.1) is 17.8 Å². The Balaban J connectivity index is 3.64. The van der Waals surface area contributed by atoms with E-state index in [2.05, 4.69) is 40.7 Å². The van der Waals surface area contributed by atoms with Gasteiger partial charge in [0.1, 0.15) is 5.78 Å². The molecule has 0 rings (SSSR count). The number of carbonyl (C=O) groups is 1. The minimum atomic E-state index is 0.385. The molecule has 0 fully saturated rings. The van der Waals surface area contributed by atoms with Crippen LogP contribution in [0.4, 0.5) is 0 Å². The molecule has 0 radical (unpaired) electrons. The van der Waals surface area contributed by atoms with Gasteiger partial charge in [-0.3, -0.25) is 4.79 Å². The molecule has 2 unspecified atom stereocenters. The lowest BCUT2D eigenvalue weighted by atomic mass is 9.91. The van der Waals surface area contributed by atoms with Crippen LogP contribution >= 0.6 is 0 Å². The van der Waals surface area contributed by atoms with Crippen LogP contribution in [0.1, 0.15) is 119 Å². The Kier molecular flexibility index (Phi) is 15.3. The van der Waals surface area contributed by atoms with E-state index in [-0.39, 0.29) is 0 Å². The van der Waals surface area contributed by atoms with E-state index in [0.29, 0.717) is 12.2 Å². The molecule has 0 saturated carbocycles. The molecule has 0 saturated heterocycles. The van der Waals surface area contributed by atoms with E-state index in [1.54, 1.807) is 0 Å². The van der Waals surface area contributed by atoms with Gasteiger partial charge in [0.2, 0.25) is 0 Å². The van der Waals surface area contributed by atoms with Crippen LogP contribution < -0.4 is 0 Å². The number of hydrogen-bond acceptors (Lipinski definition) is 1. The van der Waals surface area contributed by atoms with Gasteiger partial charge < -0.3 is 0 Å². The lowest BCUT2D eigenvalue weighted by Crippen LogP contribution is -2.00. The van der Waals surface area contributed by atoms with Crippen molar-refractivity contribution in [2.24, 2.45) is 17.8 Å². The lowest BCUT2D eigenvalue weighted by Gasteiger charge is -2.15. The fraction of sp³-hybridized carbons (Fsp3) is 0.875. The van der Waals surface area contributed by atoms with Crippen LogP contribution in [0.2, 0.25) is 0 Å². The Morgan fingerprint density at radius 1 is 0.800 bits per heavy atom. The molecule has 2 atom stereocenters. The number of ketones is 1. The van der Waals surface area contributed by atoms with Crippen molar-refractivity contribution in [1.82, 2.24) is 0 Å². The van der Waals surface area contributed by atoms with Crippen LogP contribution in [-0.4, -0.2) is 5.78 Å². The van der Waals surface area contributed by atoms with E-state index < -0.39 is 0 Å².